The van der Waals surface area contributed by atoms with Gasteiger partial charge in [0.05, 0.1) is 20.3 Å². The number of rotatable bonds is 5. The van der Waals surface area contributed by atoms with E-state index in [2.05, 4.69) is 0 Å². The van der Waals surface area contributed by atoms with E-state index in [1.165, 1.54) is 32.4 Å². The van der Waals surface area contributed by atoms with Gasteiger partial charge in [-0.05, 0) is 29.8 Å². The predicted molar refractivity (Wildman–Crippen MR) is 79.6 cm³/mol. The molecule has 0 aromatic heterocycles. The van der Waals surface area contributed by atoms with Crippen molar-refractivity contribution < 1.29 is 19.0 Å². The molecule has 0 aliphatic heterocycles. The maximum absolute atomic E-state index is 13.7. The minimum Gasteiger partial charge on any atom is -0.493 e. The molecule has 0 bridgehead atoms. The maximum atomic E-state index is 13.7. The molecule has 0 aliphatic rings. The summed E-state index contributed by atoms with van der Waals surface area (Å²) in [5.41, 5.74) is 0.885. The van der Waals surface area contributed by atoms with Crippen molar-refractivity contribution in [1.29, 1.82) is 0 Å². The lowest BCUT2D eigenvalue weighted by Crippen LogP contribution is -2.06. The summed E-state index contributed by atoms with van der Waals surface area (Å²) in [6.07, 6.45) is -0.835. The fourth-order valence-electron chi connectivity index (χ4n) is 2.19. The molecule has 0 fully saturated rings. The molecule has 0 heterocycles. The summed E-state index contributed by atoms with van der Waals surface area (Å²) in [5.74, 6) is 0.552. The van der Waals surface area contributed by atoms with E-state index in [4.69, 9.17) is 21.1 Å². The minimum absolute atomic E-state index is 0.0932. The molecule has 1 unspecified atom stereocenters. The average molecular weight is 311 g/mol. The van der Waals surface area contributed by atoms with E-state index in [0.717, 1.165) is 0 Å². The predicted octanol–water partition coefficient (Wildman–Crippen LogP) is 3.77. The van der Waals surface area contributed by atoms with Crippen molar-refractivity contribution in [2.45, 2.75) is 12.5 Å². The van der Waals surface area contributed by atoms with Gasteiger partial charge in [0.15, 0.2) is 11.5 Å². The van der Waals surface area contributed by atoms with Crippen LogP contribution in [0.25, 0.3) is 0 Å². The zero-order valence-corrected chi connectivity index (χ0v) is 12.5. The highest BCUT2D eigenvalue weighted by Crippen LogP contribution is 2.36. The number of ether oxygens (including phenoxy) is 2. The Hall–Kier alpha value is -1.78. The van der Waals surface area contributed by atoms with Crippen molar-refractivity contribution in [2.24, 2.45) is 0 Å². The highest BCUT2D eigenvalue weighted by Gasteiger charge is 2.18. The minimum atomic E-state index is -0.928. The van der Waals surface area contributed by atoms with Crippen LogP contribution in [0.2, 0.25) is 5.02 Å². The second kappa shape index (κ2) is 6.78. The van der Waals surface area contributed by atoms with E-state index < -0.39 is 11.9 Å². The SMILES string of the molecule is COc1cccc(C(O)Cc2cc(Cl)ccc2F)c1OC. The third kappa shape index (κ3) is 3.46. The Morgan fingerprint density at radius 3 is 2.62 bits per heavy atom. The number of hydrogen-bond acceptors (Lipinski definition) is 3. The van der Waals surface area contributed by atoms with E-state index >= 15 is 0 Å². The number of aliphatic hydroxyl groups excluding tert-OH is 1. The van der Waals surface area contributed by atoms with Crippen LogP contribution in [0.15, 0.2) is 36.4 Å². The maximum Gasteiger partial charge on any atom is 0.166 e. The van der Waals surface area contributed by atoms with Gasteiger partial charge >= 0.3 is 0 Å². The summed E-state index contributed by atoms with van der Waals surface area (Å²) in [4.78, 5) is 0. The largest absolute Gasteiger partial charge is 0.493 e. The Bertz CT molecular complexity index is 631. The van der Waals surface area contributed by atoms with Gasteiger partial charge in [-0.2, -0.15) is 0 Å². The topological polar surface area (TPSA) is 38.7 Å². The number of aliphatic hydroxyl groups is 1. The Balaban J connectivity index is 2.32. The number of halogens is 2. The van der Waals surface area contributed by atoms with E-state index in [0.29, 0.717) is 27.6 Å². The molecule has 2 aromatic rings. The van der Waals surface area contributed by atoms with Gasteiger partial charge in [-0.15, -0.1) is 0 Å². The first-order chi connectivity index (χ1) is 10.1. The van der Waals surface area contributed by atoms with Crippen LogP contribution in [0.5, 0.6) is 11.5 Å². The summed E-state index contributed by atoms with van der Waals surface area (Å²) in [6, 6.07) is 9.45. The van der Waals surface area contributed by atoms with Crippen LogP contribution in [-0.4, -0.2) is 19.3 Å². The lowest BCUT2D eigenvalue weighted by molar-refractivity contribution is 0.171. The molecule has 1 N–H and O–H groups in total. The fraction of sp³-hybridized carbons (Fsp3) is 0.250. The summed E-state index contributed by atoms with van der Waals surface area (Å²) >= 11 is 5.86. The molecule has 0 saturated heterocycles. The Morgan fingerprint density at radius 1 is 1.19 bits per heavy atom. The molecule has 3 nitrogen and oxygen atoms in total. The van der Waals surface area contributed by atoms with Crippen LogP contribution < -0.4 is 9.47 Å². The quantitative estimate of drug-likeness (QED) is 0.913. The molecule has 5 heteroatoms. The second-order valence-electron chi connectivity index (χ2n) is 4.54. The molecule has 0 saturated carbocycles. The molecule has 0 radical (unpaired) electrons. The van der Waals surface area contributed by atoms with Crippen LogP contribution in [0.3, 0.4) is 0 Å². The van der Waals surface area contributed by atoms with Gasteiger partial charge in [-0.1, -0.05) is 23.7 Å². The molecule has 2 rings (SSSR count). The van der Waals surface area contributed by atoms with Crippen molar-refractivity contribution in [1.82, 2.24) is 0 Å². The van der Waals surface area contributed by atoms with Gasteiger partial charge in [0, 0.05) is 17.0 Å². The van der Waals surface area contributed by atoms with Gasteiger partial charge < -0.3 is 14.6 Å². The number of para-hydroxylation sites is 1. The van der Waals surface area contributed by atoms with Crippen LogP contribution >= 0.6 is 11.6 Å². The molecule has 1 atom stereocenters. The number of hydrogen-bond donors (Lipinski definition) is 1. The molecule has 0 aliphatic carbocycles. The van der Waals surface area contributed by atoms with E-state index in [-0.39, 0.29) is 6.42 Å². The van der Waals surface area contributed by atoms with E-state index in [1.54, 1.807) is 18.2 Å². The molecule has 0 amide bonds. The first-order valence-corrected chi connectivity index (χ1v) is 6.77. The van der Waals surface area contributed by atoms with Gasteiger partial charge in [-0.25, -0.2) is 4.39 Å². The number of methoxy groups -OCH3 is 2. The molecule has 0 spiro atoms. The molecular weight excluding hydrogens is 295 g/mol. The average Bonchev–Trinajstić information content (AvgIpc) is 2.49. The highest BCUT2D eigenvalue weighted by atomic mass is 35.5. The highest BCUT2D eigenvalue weighted by molar-refractivity contribution is 6.30. The van der Waals surface area contributed by atoms with Crippen LogP contribution in [0.4, 0.5) is 4.39 Å². The third-order valence-corrected chi connectivity index (χ3v) is 3.45. The van der Waals surface area contributed by atoms with Gasteiger partial charge in [-0.3, -0.25) is 0 Å². The van der Waals surface area contributed by atoms with Crippen molar-refractivity contribution in [3.8, 4) is 11.5 Å². The van der Waals surface area contributed by atoms with Crippen molar-refractivity contribution in [3.63, 3.8) is 0 Å². The Morgan fingerprint density at radius 2 is 1.95 bits per heavy atom. The first-order valence-electron chi connectivity index (χ1n) is 6.39. The summed E-state index contributed by atoms with van der Waals surface area (Å²) in [6.45, 7) is 0. The van der Waals surface area contributed by atoms with Gasteiger partial charge in [0.2, 0.25) is 0 Å². The van der Waals surface area contributed by atoms with Crippen LogP contribution in [0, 0.1) is 5.82 Å². The summed E-state index contributed by atoms with van der Waals surface area (Å²) in [5, 5.41) is 10.8. The third-order valence-electron chi connectivity index (χ3n) is 3.21. The molecule has 21 heavy (non-hydrogen) atoms. The normalized spacial score (nSPS) is 12.0. The van der Waals surface area contributed by atoms with E-state index in [9.17, 15) is 9.50 Å². The zero-order valence-electron chi connectivity index (χ0n) is 11.8. The Labute approximate surface area is 127 Å². The van der Waals surface area contributed by atoms with Gasteiger partial charge in [0.1, 0.15) is 5.82 Å². The van der Waals surface area contributed by atoms with Crippen LogP contribution in [0.1, 0.15) is 17.2 Å². The fourth-order valence-corrected chi connectivity index (χ4v) is 2.39. The lowest BCUT2D eigenvalue weighted by atomic mass is 10.00. The molecule has 2 aromatic carbocycles. The van der Waals surface area contributed by atoms with Gasteiger partial charge in [0.25, 0.3) is 0 Å². The van der Waals surface area contributed by atoms with E-state index in [1.807, 2.05) is 0 Å². The zero-order chi connectivity index (χ0) is 15.4. The number of benzene rings is 2. The van der Waals surface area contributed by atoms with Crippen molar-refractivity contribution in [2.75, 3.05) is 14.2 Å². The monoisotopic (exact) mass is 310 g/mol. The summed E-state index contributed by atoms with van der Waals surface area (Å²) < 4.78 is 24.2. The van der Waals surface area contributed by atoms with Crippen molar-refractivity contribution in [3.05, 3.63) is 58.4 Å². The second-order valence-corrected chi connectivity index (χ2v) is 4.97. The lowest BCUT2D eigenvalue weighted by Gasteiger charge is -2.17. The Kier molecular flexibility index (Phi) is 5.04. The molecular formula is C16H16ClFO3. The smallest absolute Gasteiger partial charge is 0.166 e. The van der Waals surface area contributed by atoms with Crippen molar-refractivity contribution >= 4 is 11.6 Å². The summed E-state index contributed by atoms with van der Waals surface area (Å²) in [7, 11) is 3.01. The standard InChI is InChI=1S/C16H16ClFO3/c1-20-15-5-3-4-12(16(15)21-2)14(19)9-10-8-11(17)6-7-13(10)18/h3-8,14,19H,9H2,1-2H3. The first kappa shape index (κ1) is 15.6. The molecule has 112 valence electrons. The van der Waals surface area contributed by atoms with Crippen LogP contribution in [-0.2, 0) is 6.42 Å².